The van der Waals surface area contributed by atoms with Gasteiger partial charge in [-0.15, -0.1) is 13.2 Å². The average molecular weight is 182 g/mol. The van der Waals surface area contributed by atoms with Gasteiger partial charge in [0.15, 0.2) is 8.32 Å². The Kier molecular flexibility index (Phi) is 3.76. The van der Waals surface area contributed by atoms with Crippen LogP contribution in [-0.2, 0) is 4.43 Å². The molecule has 0 saturated carbocycles. The van der Waals surface area contributed by atoms with Crippen LogP contribution in [0.4, 0.5) is 0 Å². The molecule has 0 bridgehead atoms. The normalized spacial score (nSPS) is 21.7. The third-order valence-corrected chi connectivity index (χ3v) is 6.61. The van der Waals surface area contributed by atoms with Crippen LogP contribution in [0.15, 0.2) is 25.3 Å². The van der Waals surface area contributed by atoms with Crippen molar-refractivity contribution in [1.29, 1.82) is 0 Å². The molecule has 68 valence electrons. The van der Waals surface area contributed by atoms with Crippen LogP contribution in [0.1, 0.15) is 12.8 Å². The third-order valence-electron chi connectivity index (χ3n) is 2.47. The second kappa shape index (κ2) is 4.63. The Hall–Kier alpha value is -0.343. The van der Waals surface area contributed by atoms with Crippen molar-refractivity contribution in [2.24, 2.45) is 0 Å². The van der Waals surface area contributed by atoms with Crippen LogP contribution in [0.3, 0.4) is 0 Å². The maximum Gasteiger partial charge on any atom is 0.200 e. The predicted molar refractivity (Wildman–Crippen MR) is 55.8 cm³/mol. The monoisotopic (exact) mass is 182 g/mol. The van der Waals surface area contributed by atoms with E-state index in [2.05, 4.69) is 13.2 Å². The van der Waals surface area contributed by atoms with Crippen molar-refractivity contribution in [1.82, 2.24) is 0 Å². The van der Waals surface area contributed by atoms with E-state index >= 15 is 0 Å². The fourth-order valence-corrected chi connectivity index (χ4v) is 5.32. The lowest BCUT2D eigenvalue weighted by Gasteiger charge is -2.33. The van der Waals surface area contributed by atoms with Crippen molar-refractivity contribution >= 4 is 8.32 Å². The first-order valence-electron chi connectivity index (χ1n) is 4.69. The molecule has 1 aliphatic rings. The highest BCUT2D eigenvalue weighted by Crippen LogP contribution is 2.29. The van der Waals surface area contributed by atoms with Crippen LogP contribution in [0, 0.1) is 0 Å². The van der Waals surface area contributed by atoms with Crippen LogP contribution >= 0.6 is 0 Å². The summed E-state index contributed by atoms with van der Waals surface area (Å²) in [4.78, 5) is 0. The first-order valence-corrected chi connectivity index (χ1v) is 7.22. The maximum absolute atomic E-state index is 5.94. The first kappa shape index (κ1) is 9.74. The molecule has 0 amide bonds. The molecule has 1 aliphatic heterocycles. The molecule has 0 aromatic heterocycles. The Labute approximate surface area is 76.3 Å². The van der Waals surface area contributed by atoms with Gasteiger partial charge in [0.1, 0.15) is 0 Å². The first-order chi connectivity index (χ1) is 5.83. The second-order valence-corrected chi connectivity index (χ2v) is 7.45. The largest absolute Gasteiger partial charge is 0.416 e. The molecule has 1 fully saturated rings. The molecule has 12 heavy (non-hydrogen) atoms. The molecule has 0 N–H and O–H groups in total. The standard InChI is InChI=1S/C10H18OSi/c1-3-8-12(9-4-2)10-6-5-7-11-12/h3-4H,1-2,5-10H2. The van der Waals surface area contributed by atoms with Crippen molar-refractivity contribution in [2.45, 2.75) is 31.0 Å². The van der Waals surface area contributed by atoms with Gasteiger partial charge in [-0.3, -0.25) is 0 Å². The number of hydrogen-bond donors (Lipinski definition) is 0. The van der Waals surface area contributed by atoms with E-state index in [9.17, 15) is 0 Å². The molecule has 1 saturated heterocycles. The minimum Gasteiger partial charge on any atom is -0.416 e. The molecular weight excluding hydrogens is 164 g/mol. The Morgan fingerprint density at radius 2 is 1.83 bits per heavy atom. The zero-order valence-electron chi connectivity index (χ0n) is 7.72. The highest BCUT2D eigenvalue weighted by molar-refractivity contribution is 6.74. The Balaban J connectivity index is 2.55. The van der Waals surface area contributed by atoms with Gasteiger partial charge in [0.25, 0.3) is 0 Å². The van der Waals surface area contributed by atoms with Crippen LogP contribution in [-0.4, -0.2) is 14.9 Å². The quantitative estimate of drug-likeness (QED) is 0.479. The molecular formula is C10H18OSi. The fraction of sp³-hybridized carbons (Fsp3) is 0.600. The summed E-state index contributed by atoms with van der Waals surface area (Å²) in [6, 6.07) is 3.49. The van der Waals surface area contributed by atoms with E-state index in [-0.39, 0.29) is 0 Å². The zero-order chi connectivity index (χ0) is 8.86. The molecule has 1 heterocycles. The van der Waals surface area contributed by atoms with Crippen molar-refractivity contribution < 1.29 is 4.43 Å². The number of allylic oxidation sites excluding steroid dienone is 2. The van der Waals surface area contributed by atoms with E-state index in [1.807, 2.05) is 12.2 Å². The number of hydrogen-bond acceptors (Lipinski definition) is 1. The fourth-order valence-electron chi connectivity index (χ4n) is 1.84. The van der Waals surface area contributed by atoms with E-state index in [0.717, 1.165) is 18.7 Å². The molecule has 0 aromatic carbocycles. The van der Waals surface area contributed by atoms with Crippen molar-refractivity contribution in [3.05, 3.63) is 25.3 Å². The summed E-state index contributed by atoms with van der Waals surface area (Å²) in [6.07, 6.45) is 6.61. The summed E-state index contributed by atoms with van der Waals surface area (Å²) in [5, 5.41) is 0. The van der Waals surface area contributed by atoms with Gasteiger partial charge >= 0.3 is 0 Å². The smallest absolute Gasteiger partial charge is 0.200 e. The Bertz CT molecular complexity index is 147. The highest BCUT2D eigenvalue weighted by atomic mass is 28.4. The SMILES string of the molecule is C=CC[Si]1(CC=C)CCCCO1. The molecule has 1 rings (SSSR count). The molecule has 2 heteroatoms. The third kappa shape index (κ3) is 2.32. The van der Waals surface area contributed by atoms with Crippen molar-refractivity contribution in [3.8, 4) is 0 Å². The van der Waals surface area contributed by atoms with Gasteiger partial charge < -0.3 is 4.43 Å². The molecule has 0 spiro atoms. The van der Waals surface area contributed by atoms with Crippen LogP contribution in [0.2, 0.25) is 18.1 Å². The molecule has 0 atom stereocenters. The minimum atomic E-state index is -1.42. The van der Waals surface area contributed by atoms with Crippen LogP contribution < -0.4 is 0 Å². The molecule has 0 unspecified atom stereocenters. The van der Waals surface area contributed by atoms with Gasteiger partial charge in [0.2, 0.25) is 0 Å². The zero-order valence-corrected chi connectivity index (χ0v) is 8.72. The summed E-state index contributed by atoms with van der Waals surface area (Å²) in [6.45, 7) is 8.57. The Morgan fingerprint density at radius 3 is 2.25 bits per heavy atom. The predicted octanol–water partition coefficient (Wildman–Crippen LogP) is 3.11. The van der Waals surface area contributed by atoms with Crippen LogP contribution in [0.5, 0.6) is 0 Å². The highest BCUT2D eigenvalue weighted by Gasteiger charge is 2.33. The maximum atomic E-state index is 5.94. The van der Waals surface area contributed by atoms with E-state index < -0.39 is 8.32 Å². The van der Waals surface area contributed by atoms with Crippen molar-refractivity contribution in [3.63, 3.8) is 0 Å². The molecule has 0 aliphatic carbocycles. The van der Waals surface area contributed by atoms with E-state index in [0.29, 0.717) is 0 Å². The summed E-state index contributed by atoms with van der Waals surface area (Å²) in [5.74, 6) is 0. The molecule has 1 nitrogen and oxygen atoms in total. The van der Waals surface area contributed by atoms with Gasteiger partial charge in [0.05, 0.1) is 0 Å². The lowest BCUT2D eigenvalue weighted by Crippen LogP contribution is -2.40. The molecule has 0 radical (unpaired) electrons. The van der Waals surface area contributed by atoms with E-state index in [4.69, 9.17) is 4.43 Å². The van der Waals surface area contributed by atoms with Gasteiger partial charge in [-0.25, -0.2) is 0 Å². The minimum absolute atomic E-state index is 0.966. The van der Waals surface area contributed by atoms with Gasteiger partial charge in [-0.2, -0.15) is 0 Å². The topological polar surface area (TPSA) is 9.23 Å². The van der Waals surface area contributed by atoms with E-state index in [1.165, 1.54) is 18.9 Å². The van der Waals surface area contributed by atoms with Crippen LogP contribution in [0.25, 0.3) is 0 Å². The van der Waals surface area contributed by atoms with Gasteiger partial charge in [0, 0.05) is 6.61 Å². The summed E-state index contributed by atoms with van der Waals surface area (Å²) in [5.41, 5.74) is 0. The lowest BCUT2D eigenvalue weighted by atomic mass is 10.4. The average Bonchev–Trinajstić information content (AvgIpc) is 2.07. The number of rotatable bonds is 4. The second-order valence-electron chi connectivity index (χ2n) is 3.47. The summed E-state index contributed by atoms with van der Waals surface area (Å²) < 4.78 is 5.94. The molecule has 0 aromatic rings. The Morgan fingerprint density at radius 1 is 1.17 bits per heavy atom. The van der Waals surface area contributed by atoms with Crippen molar-refractivity contribution in [2.75, 3.05) is 6.61 Å². The summed E-state index contributed by atoms with van der Waals surface area (Å²) >= 11 is 0. The lowest BCUT2D eigenvalue weighted by molar-refractivity contribution is 0.269. The van der Waals surface area contributed by atoms with Gasteiger partial charge in [-0.05, 0) is 24.6 Å². The summed E-state index contributed by atoms with van der Waals surface area (Å²) in [7, 11) is -1.42. The van der Waals surface area contributed by atoms with E-state index in [1.54, 1.807) is 0 Å². The van der Waals surface area contributed by atoms with Gasteiger partial charge in [-0.1, -0.05) is 18.6 Å².